The molecule has 0 aliphatic rings. The number of hydrogen-bond donors (Lipinski definition) is 0. The molecule has 0 aromatic carbocycles. The quantitative estimate of drug-likeness (QED) is 0.366. The molecule has 0 fully saturated rings. The van der Waals surface area contributed by atoms with Gasteiger partial charge in [-0.1, -0.05) is 0 Å². The first-order chi connectivity index (χ1) is 4.42. The highest BCUT2D eigenvalue weighted by Gasteiger charge is 1.98. The molecule has 5 nitrogen and oxygen atoms in total. The van der Waals surface area contributed by atoms with Gasteiger partial charge in [0, 0.05) is 0 Å². The van der Waals surface area contributed by atoms with Crippen LogP contribution in [0.4, 0.5) is 0 Å². The van der Waals surface area contributed by atoms with E-state index in [1.54, 1.807) is 19.0 Å². The molecule has 0 aromatic rings. The molecule has 6 heteroatoms. The smallest absolute Gasteiger partial charge is 0.145 e. The third kappa shape index (κ3) is 8.07. The highest BCUT2D eigenvalue weighted by molar-refractivity contribution is 7.43. The standard InChI is InChI=1S/C4H12NO4P/c1-5(2)3-4-9-10(6,7)8/h3-4H2,1-2H3,(H2,6,7,8)/q+1/p-2. The largest absolute Gasteiger partial charge is 0.790 e. The van der Waals surface area contributed by atoms with Crippen LogP contribution >= 0.6 is 7.82 Å². The molecule has 0 heterocycles. The topological polar surface area (TPSA) is 78.3 Å². The van der Waals surface area contributed by atoms with E-state index in [1.807, 2.05) is 0 Å². The van der Waals surface area contributed by atoms with Crippen LogP contribution in [0.15, 0.2) is 0 Å². The van der Waals surface area contributed by atoms with Gasteiger partial charge in [-0.3, -0.25) is 0 Å². The molecule has 0 unspecified atom stereocenters. The summed E-state index contributed by atoms with van der Waals surface area (Å²) in [6.45, 7) is 0.353. The van der Waals surface area contributed by atoms with Crippen LogP contribution in [0.25, 0.3) is 0 Å². The maximum atomic E-state index is 9.84. The zero-order chi connectivity index (χ0) is 8.20. The summed E-state index contributed by atoms with van der Waals surface area (Å²) in [5.41, 5.74) is 0. The predicted octanol–water partition coefficient (Wildman–Crippen LogP) is -1.77. The van der Waals surface area contributed by atoms with Crippen molar-refractivity contribution in [3.8, 4) is 0 Å². The SMILES string of the molecule is C[N+](C)CCOP(=O)([O-])[O-]. The van der Waals surface area contributed by atoms with Crippen LogP contribution < -0.4 is 14.7 Å². The van der Waals surface area contributed by atoms with Crippen LogP contribution in [-0.4, -0.2) is 27.2 Å². The first-order valence-corrected chi connectivity index (χ1v) is 4.19. The summed E-state index contributed by atoms with van der Waals surface area (Å²) in [6.07, 6.45) is 0. The van der Waals surface area contributed by atoms with Crippen LogP contribution in [0.1, 0.15) is 0 Å². The summed E-state index contributed by atoms with van der Waals surface area (Å²) < 4.78 is 13.8. The van der Waals surface area contributed by atoms with Crippen molar-refractivity contribution in [2.45, 2.75) is 0 Å². The maximum absolute atomic E-state index is 9.84. The minimum Gasteiger partial charge on any atom is -0.790 e. The van der Waals surface area contributed by atoms with Gasteiger partial charge in [0.05, 0.1) is 7.82 Å². The van der Waals surface area contributed by atoms with Crippen LogP contribution in [0, 0.1) is 0 Å². The average Bonchev–Trinajstić information content (AvgIpc) is 1.59. The minimum absolute atomic E-state index is 0.0721. The first-order valence-electron chi connectivity index (χ1n) is 2.73. The van der Waals surface area contributed by atoms with E-state index in [0.717, 1.165) is 0 Å². The Hall–Kier alpha value is 0.0700. The molecule has 0 saturated carbocycles. The van der Waals surface area contributed by atoms with Gasteiger partial charge in [-0.05, 0) is 0 Å². The van der Waals surface area contributed by atoms with Crippen molar-refractivity contribution in [2.75, 3.05) is 27.2 Å². The lowest BCUT2D eigenvalue weighted by Crippen LogP contribution is -2.26. The first kappa shape index (κ1) is 10.1. The van der Waals surface area contributed by atoms with Crippen LogP contribution in [0.3, 0.4) is 0 Å². The summed E-state index contributed by atoms with van der Waals surface area (Å²) in [6, 6.07) is 0. The van der Waals surface area contributed by atoms with Crippen LogP contribution in [0.5, 0.6) is 0 Å². The van der Waals surface area contributed by atoms with Gasteiger partial charge in [-0.15, -0.1) is 0 Å². The molecular formula is C4H10NO4P-. The van der Waals surface area contributed by atoms with Gasteiger partial charge in [-0.2, -0.15) is 4.90 Å². The van der Waals surface area contributed by atoms with Crippen molar-refractivity contribution >= 4 is 7.82 Å². The zero-order valence-corrected chi connectivity index (χ0v) is 6.84. The van der Waals surface area contributed by atoms with Crippen LogP contribution in [-0.2, 0) is 9.09 Å². The molecule has 0 aliphatic heterocycles. The van der Waals surface area contributed by atoms with Crippen molar-refractivity contribution in [2.24, 2.45) is 0 Å². The van der Waals surface area contributed by atoms with E-state index in [1.165, 1.54) is 0 Å². The van der Waals surface area contributed by atoms with E-state index in [9.17, 15) is 14.4 Å². The molecule has 0 aliphatic carbocycles. The number of phosphoric ester groups is 1. The van der Waals surface area contributed by atoms with E-state index in [4.69, 9.17) is 0 Å². The fourth-order valence-corrected chi connectivity index (χ4v) is 0.640. The van der Waals surface area contributed by atoms with Crippen molar-refractivity contribution in [1.82, 2.24) is 4.90 Å². The second kappa shape index (κ2) is 4.05. The number of likely N-dealkylation sites (N-methyl/N-ethyl adjacent to an activating group) is 1. The summed E-state index contributed by atoms with van der Waals surface area (Å²) in [7, 11) is -1.24. The lowest BCUT2D eigenvalue weighted by atomic mass is 10.6. The Kier molecular flexibility index (Phi) is 4.08. The molecule has 0 saturated heterocycles. The number of phosphoric acid groups is 1. The minimum atomic E-state index is -4.75. The van der Waals surface area contributed by atoms with Gasteiger partial charge in [0.25, 0.3) is 0 Å². The second-order valence-electron chi connectivity index (χ2n) is 2.08. The molecule has 61 valence electrons. The lowest BCUT2D eigenvalue weighted by molar-refractivity contribution is -0.341. The molecular weight excluding hydrogens is 157 g/mol. The van der Waals surface area contributed by atoms with E-state index < -0.39 is 7.82 Å². The van der Waals surface area contributed by atoms with E-state index in [-0.39, 0.29) is 6.61 Å². The Balaban J connectivity index is 3.30. The molecule has 0 spiro atoms. The van der Waals surface area contributed by atoms with Gasteiger partial charge in [0.15, 0.2) is 0 Å². The molecule has 0 aromatic heterocycles. The van der Waals surface area contributed by atoms with Gasteiger partial charge < -0.3 is 18.9 Å². The molecule has 0 bridgehead atoms. The Labute approximate surface area is 59.8 Å². The third-order valence-electron chi connectivity index (χ3n) is 0.788. The number of hydrogen-bond acceptors (Lipinski definition) is 5. The monoisotopic (exact) mass is 167 g/mol. The maximum Gasteiger partial charge on any atom is 0.145 e. The van der Waals surface area contributed by atoms with E-state index >= 15 is 0 Å². The lowest BCUT2D eigenvalue weighted by Gasteiger charge is -2.27. The summed E-state index contributed by atoms with van der Waals surface area (Å²) in [4.78, 5) is 21.4. The number of rotatable bonds is 4. The number of nitrogens with zero attached hydrogens (tertiary/aromatic N) is 1. The molecule has 1 radical (unpaired) electrons. The normalized spacial score (nSPS) is 12.5. The van der Waals surface area contributed by atoms with E-state index in [2.05, 4.69) is 4.52 Å². The fraction of sp³-hybridized carbons (Fsp3) is 1.00. The zero-order valence-electron chi connectivity index (χ0n) is 5.94. The average molecular weight is 167 g/mol. The van der Waals surface area contributed by atoms with Crippen molar-refractivity contribution in [3.63, 3.8) is 0 Å². The molecule has 0 amide bonds. The van der Waals surface area contributed by atoms with Crippen molar-refractivity contribution in [3.05, 3.63) is 0 Å². The molecule has 0 atom stereocenters. The van der Waals surface area contributed by atoms with Crippen LogP contribution in [0.2, 0.25) is 0 Å². The molecule has 0 rings (SSSR count). The summed E-state index contributed by atoms with van der Waals surface area (Å²) >= 11 is 0. The Morgan fingerprint density at radius 1 is 1.50 bits per heavy atom. The van der Waals surface area contributed by atoms with E-state index in [0.29, 0.717) is 6.54 Å². The Morgan fingerprint density at radius 3 is 2.30 bits per heavy atom. The Morgan fingerprint density at radius 2 is 2.00 bits per heavy atom. The Bertz CT molecular complexity index is 131. The second-order valence-corrected chi connectivity index (χ2v) is 3.24. The summed E-state index contributed by atoms with van der Waals surface area (Å²) in [5.74, 6) is 0. The van der Waals surface area contributed by atoms with Gasteiger partial charge >= 0.3 is 0 Å². The fourth-order valence-electron chi connectivity index (χ4n) is 0.335. The van der Waals surface area contributed by atoms with Crippen molar-refractivity contribution < 1.29 is 18.9 Å². The molecule has 0 N–H and O–H groups in total. The van der Waals surface area contributed by atoms with Gasteiger partial charge in [-0.25, -0.2) is 0 Å². The third-order valence-corrected chi connectivity index (χ3v) is 1.29. The van der Waals surface area contributed by atoms with Gasteiger partial charge in [0.1, 0.15) is 27.2 Å². The highest BCUT2D eigenvalue weighted by Crippen LogP contribution is 2.23. The highest BCUT2D eigenvalue weighted by atomic mass is 31.2. The predicted molar refractivity (Wildman–Crippen MR) is 32.4 cm³/mol. The van der Waals surface area contributed by atoms with Crippen molar-refractivity contribution in [1.29, 1.82) is 0 Å². The summed E-state index contributed by atoms with van der Waals surface area (Å²) in [5, 5.41) is 0. The molecule has 10 heavy (non-hydrogen) atoms. The van der Waals surface area contributed by atoms with Gasteiger partial charge in [0.2, 0.25) is 0 Å².